The normalized spacial score (nSPS) is 11.9. The van der Waals surface area contributed by atoms with Crippen molar-refractivity contribution in [2.24, 2.45) is 0 Å². The van der Waals surface area contributed by atoms with Crippen molar-refractivity contribution in [3.8, 4) is 0 Å². The van der Waals surface area contributed by atoms with Crippen molar-refractivity contribution in [3.05, 3.63) is 50.4 Å². The van der Waals surface area contributed by atoms with Crippen LogP contribution in [0.25, 0.3) is 11.2 Å². The lowest BCUT2D eigenvalue weighted by molar-refractivity contribution is 0.602. The molecule has 0 aliphatic heterocycles. The second-order valence-electron chi connectivity index (χ2n) is 7.31. The van der Waals surface area contributed by atoms with E-state index < -0.39 is 21.1 Å². The van der Waals surface area contributed by atoms with E-state index in [1.54, 1.807) is 22.8 Å². The maximum absolute atomic E-state index is 12.5. The van der Waals surface area contributed by atoms with Gasteiger partial charge in [-0.2, -0.15) is 0 Å². The first-order valence-corrected chi connectivity index (χ1v) is 11.8. The highest BCUT2D eigenvalue weighted by Gasteiger charge is 2.18. The van der Waals surface area contributed by atoms with Gasteiger partial charge in [0.05, 0.1) is 11.4 Å². The van der Waals surface area contributed by atoms with Crippen molar-refractivity contribution in [3.63, 3.8) is 0 Å². The van der Waals surface area contributed by atoms with Crippen LogP contribution >= 0.6 is 0 Å². The van der Waals surface area contributed by atoms with Crippen LogP contribution in [0.5, 0.6) is 0 Å². The number of benzene rings is 1. The van der Waals surface area contributed by atoms with E-state index in [1.807, 2.05) is 20.8 Å². The molecular formula is C20H27N5O4S. The molecule has 0 saturated heterocycles. The van der Waals surface area contributed by atoms with E-state index in [9.17, 15) is 18.0 Å². The lowest BCUT2D eigenvalue weighted by Gasteiger charge is -2.12. The van der Waals surface area contributed by atoms with Gasteiger partial charge in [-0.25, -0.2) is 18.2 Å². The minimum absolute atomic E-state index is 0.226. The number of nitrogens with one attached hydrogen (secondary N) is 2. The van der Waals surface area contributed by atoms with Crippen molar-refractivity contribution in [1.82, 2.24) is 19.1 Å². The summed E-state index contributed by atoms with van der Waals surface area (Å²) in [5, 5.41) is 3.23. The Kier molecular flexibility index (Phi) is 6.16. The monoisotopic (exact) mass is 433 g/mol. The number of sulfone groups is 1. The Morgan fingerprint density at radius 3 is 2.53 bits per heavy atom. The summed E-state index contributed by atoms with van der Waals surface area (Å²) in [6.45, 7) is 7.07. The van der Waals surface area contributed by atoms with E-state index in [0.29, 0.717) is 35.8 Å². The third-order valence-electron chi connectivity index (χ3n) is 5.09. The molecule has 0 atom stereocenters. The van der Waals surface area contributed by atoms with Gasteiger partial charge in [-0.15, -0.1) is 0 Å². The van der Waals surface area contributed by atoms with Crippen LogP contribution in [0.3, 0.4) is 0 Å². The van der Waals surface area contributed by atoms with Crippen molar-refractivity contribution >= 4 is 26.7 Å². The molecule has 0 saturated carbocycles. The van der Waals surface area contributed by atoms with Gasteiger partial charge in [-0.05, 0) is 38.0 Å². The summed E-state index contributed by atoms with van der Waals surface area (Å²) < 4.78 is 27.0. The Bertz CT molecular complexity index is 1300. The number of rotatable bonds is 8. The number of aromatic nitrogens is 4. The number of hydrogen-bond acceptors (Lipinski definition) is 6. The van der Waals surface area contributed by atoms with Crippen LogP contribution in [0.2, 0.25) is 0 Å². The number of unbranched alkanes of at least 4 members (excludes halogenated alkanes) is 1. The van der Waals surface area contributed by atoms with E-state index in [4.69, 9.17) is 0 Å². The summed E-state index contributed by atoms with van der Waals surface area (Å²) in [5.41, 5.74) is 1.38. The lowest BCUT2D eigenvalue weighted by Crippen LogP contribution is -2.31. The smallest absolute Gasteiger partial charge is 0.330 e. The minimum atomic E-state index is -3.33. The van der Waals surface area contributed by atoms with Crippen molar-refractivity contribution in [2.45, 2.75) is 58.1 Å². The highest BCUT2D eigenvalue weighted by Crippen LogP contribution is 2.21. The van der Waals surface area contributed by atoms with Gasteiger partial charge in [-0.3, -0.25) is 14.3 Å². The van der Waals surface area contributed by atoms with Crippen molar-refractivity contribution in [2.75, 3.05) is 11.6 Å². The second kappa shape index (κ2) is 8.47. The largest absolute Gasteiger partial charge is 0.378 e. The summed E-state index contributed by atoms with van der Waals surface area (Å²) in [6.07, 6.45) is 2.87. The molecule has 0 aliphatic rings. The van der Waals surface area contributed by atoms with Crippen LogP contribution in [-0.2, 0) is 29.5 Å². The summed E-state index contributed by atoms with van der Waals surface area (Å²) >= 11 is 0. The number of anilines is 1. The Morgan fingerprint density at radius 2 is 1.90 bits per heavy atom. The van der Waals surface area contributed by atoms with Crippen molar-refractivity contribution < 1.29 is 8.42 Å². The second-order valence-corrected chi connectivity index (χ2v) is 9.33. The Balaban J connectivity index is 2.04. The fourth-order valence-electron chi connectivity index (χ4n) is 3.41. The summed E-state index contributed by atoms with van der Waals surface area (Å²) in [5.74, 6) is 0.595. The van der Waals surface area contributed by atoms with Crippen LogP contribution in [0.4, 0.5) is 5.69 Å². The molecule has 3 aromatic rings. The highest BCUT2D eigenvalue weighted by molar-refractivity contribution is 7.90. The number of imidazole rings is 1. The number of aromatic amines is 1. The van der Waals surface area contributed by atoms with Gasteiger partial charge in [0.25, 0.3) is 5.56 Å². The van der Waals surface area contributed by atoms with Gasteiger partial charge in [0.15, 0.2) is 21.0 Å². The fraction of sp³-hybridized carbons (Fsp3) is 0.450. The minimum Gasteiger partial charge on any atom is -0.378 e. The molecule has 2 heterocycles. The van der Waals surface area contributed by atoms with Crippen LogP contribution < -0.4 is 16.6 Å². The van der Waals surface area contributed by atoms with Crippen LogP contribution in [0.1, 0.15) is 38.1 Å². The number of aryl methyl sites for hydroxylation is 3. The molecule has 0 spiro atoms. The maximum atomic E-state index is 12.5. The Hall–Kier alpha value is -2.88. The van der Waals surface area contributed by atoms with Gasteiger partial charge >= 0.3 is 5.69 Å². The molecule has 9 nitrogen and oxygen atoms in total. The van der Waals surface area contributed by atoms with Gasteiger partial charge in [0.2, 0.25) is 0 Å². The van der Waals surface area contributed by atoms with Gasteiger partial charge in [0, 0.05) is 25.0 Å². The van der Waals surface area contributed by atoms with Gasteiger partial charge < -0.3 is 9.88 Å². The molecule has 30 heavy (non-hydrogen) atoms. The number of hydrogen-bond donors (Lipinski definition) is 2. The zero-order valence-corrected chi connectivity index (χ0v) is 18.5. The molecule has 1 aromatic carbocycles. The number of fused-ring (bicyclic) bond motifs is 1. The fourth-order valence-corrected chi connectivity index (χ4v) is 4.06. The molecule has 162 valence electrons. The Labute approximate surface area is 174 Å². The predicted molar refractivity (Wildman–Crippen MR) is 117 cm³/mol. The molecule has 3 rings (SSSR count). The topological polar surface area (TPSA) is 119 Å². The first kappa shape index (κ1) is 21.8. The zero-order valence-electron chi connectivity index (χ0n) is 17.7. The highest BCUT2D eigenvalue weighted by atomic mass is 32.2. The summed E-state index contributed by atoms with van der Waals surface area (Å²) in [6, 6.07) is 4.91. The van der Waals surface area contributed by atoms with Gasteiger partial charge in [-0.1, -0.05) is 19.4 Å². The molecule has 0 bridgehead atoms. The average Bonchev–Trinajstić information content (AvgIpc) is 3.05. The molecule has 2 aromatic heterocycles. The van der Waals surface area contributed by atoms with E-state index in [-0.39, 0.29) is 11.4 Å². The molecule has 0 amide bonds. The van der Waals surface area contributed by atoms with E-state index in [1.165, 1.54) is 10.8 Å². The van der Waals surface area contributed by atoms with E-state index >= 15 is 0 Å². The predicted octanol–water partition coefficient (Wildman–Crippen LogP) is 2.03. The van der Waals surface area contributed by atoms with Crippen molar-refractivity contribution in [1.29, 1.82) is 0 Å². The molecule has 0 unspecified atom stereocenters. The first-order valence-electron chi connectivity index (χ1n) is 9.94. The molecule has 0 radical (unpaired) electrons. The molecular weight excluding hydrogens is 406 g/mol. The number of nitrogens with zero attached hydrogens (tertiary/aromatic N) is 3. The SMILES string of the molecule is CCCCn1c(=O)[nH]c(=O)c2c1nc(CNc1cc(S(C)(=O)=O)ccc1C)n2CC. The molecule has 2 N–H and O–H groups in total. The third kappa shape index (κ3) is 4.18. The van der Waals surface area contributed by atoms with Crippen LogP contribution in [0, 0.1) is 6.92 Å². The first-order chi connectivity index (χ1) is 14.2. The molecule has 0 aliphatic carbocycles. The van der Waals surface area contributed by atoms with E-state index in [0.717, 1.165) is 18.4 Å². The number of H-pyrrole nitrogens is 1. The maximum Gasteiger partial charge on any atom is 0.330 e. The standard InChI is InChI=1S/C20H27N5O4S/c1-5-7-10-25-18-17(19(26)23-20(25)27)24(6-2)16(22-18)12-21-15-11-14(30(4,28)29)9-8-13(15)3/h8-9,11,21H,5-7,10,12H2,1-4H3,(H,23,26,27). The molecule has 10 heteroatoms. The van der Waals surface area contributed by atoms with Crippen LogP contribution in [-0.4, -0.2) is 33.8 Å². The summed E-state index contributed by atoms with van der Waals surface area (Å²) in [4.78, 5) is 32.0. The summed E-state index contributed by atoms with van der Waals surface area (Å²) in [7, 11) is -3.33. The molecule has 0 fully saturated rings. The average molecular weight is 434 g/mol. The lowest BCUT2D eigenvalue weighted by atomic mass is 10.2. The quantitative estimate of drug-likeness (QED) is 0.561. The zero-order chi connectivity index (χ0) is 22.1. The Morgan fingerprint density at radius 1 is 1.17 bits per heavy atom. The van der Waals surface area contributed by atoms with E-state index in [2.05, 4.69) is 15.3 Å². The van der Waals surface area contributed by atoms with Crippen LogP contribution in [0.15, 0.2) is 32.7 Å². The van der Waals surface area contributed by atoms with Gasteiger partial charge in [0.1, 0.15) is 5.82 Å². The third-order valence-corrected chi connectivity index (χ3v) is 6.20.